The molecule has 1 heterocycles. The summed E-state index contributed by atoms with van der Waals surface area (Å²) in [5.74, 6) is -0.631. The number of hydrogen-bond donors (Lipinski definition) is 0. The van der Waals surface area contributed by atoms with Gasteiger partial charge in [0, 0.05) is 5.56 Å². The van der Waals surface area contributed by atoms with Crippen molar-refractivity contribution in [3.8, 4) is 0 Å². The first-order valence-electron chi connectivity index (χ1n) is 4.65. The topological polar surface area (TPSA) is 65.0 Å². The summed E-state index contributed by atoms with van der Waals surface area (Å²) in [4.78, 5) is 26.1. The van der Waals surface area contributed by atoms with E-state index in [9.17, 15) is 9.59 Å². The molecule has 0 bridgehead atoms. The normalized spacial score (nSPS) is 18.9. The highest BCUT2D eigenvalue weighted by Gasteiger charge is 2.36. The van der Waals surface area contributed by atoms with E-state index in [4.69, 9.17) is 4.74 Å². The van der Waals surface area contributed by atoms with Crippen LogP contribution in [0.1, 0.15) is 5.56 Å². The average Bonchev–Trinajstić information content (AvgIpc) is 2.71. The van der Waals surface area contributed by atoms with Crippen molar-refractivity contribution >= 4 is 17.8 Å². The van der Waals surface area contributed by atoms with Crippen molar-refractivity contribution < 1.29 is 19.1 Å². The second-order valence-electron chi connectivity index (χ2n) is 3.15. The van der Waals surface area contributed by atoms with E-state index in [1.165, 1.54) is 7.11 Å². The molecule has 0 aliphatic carbocycles. The van der Waals surface area contributed by atoms with E-state index in [2.05, 4.69) is 9.73 Å². The van der Waals surface area contributed by atoms with Gasteiger partial charge in [0.05, 0.1) is 7.11 Å². The summed E-state index contributed by atoms with van der Waals surface area (Å²) >= 11 is 0. The van der Waals surface area contributed by atoms with Crippen molar-refractivity contribution in [1.29, 1.82) is 0 Å². The molecule has 0 saturated carbocycles. The number of rotatable bonds is 2. The Balaban J connectivity index is 2.35. The fourth-order valence-electron chi connectivity index (χ4n) is 1.43. The first-order valence-corrected chi connectivity index (χ1v) is 4.65. The summed E-state index contributed by atoms with van der Waals surface area (Å²) in [6.07, 6.45) is -1.82. The predicted octanol–water partition coefficient (Wildman–Crippen LogP) is 1.17. The van der Waals surface area contributed by atoms with Gasteiger partial charge in [-0.2, -0.15) is 4.99 Å². The van der Waals surface area contributed by atoms with Crippen molar-refractivity contribution in [2.24, 2.45) is 4.99 Å². The number of esters is 1. The van der Waals surface area contributed by atoms with Crippen LogP contribution in [0.3, 0.4) is 0 Å². The van der Waals surface area contributed by atoms with Crippen LogP contribution in [0.5, 0.6) is 0 Å². The van der Waals surface area contributed by atoms with Gasteiger partial charge in [0.2, 0.25) is 6.10 Å². The Kier molecular flexibility index (Phi) is 2.68. The number of methoxy groups -OCH3 is 1. The summed E-state index contributed by atoms with van der Waals surface area (Å²) in [6, 6.07) is 8.90. The Labute approximate surface area is 91.7 Å². The van der Waals surface area contributed by atoms with Gasteiger partial charge in [0.1, 0.15) is 5.71 Å². The van der Waals surface area contributed by atoms with Crippen LogP contribution in [0.25, 0.3) is 0 Å². The van der Waals surface area contributed by atoms with Crippen LogP contribution in [0.15, 0.2) is 35.3 Å². The highest BCUT2D eigenvalue weighted by atomic mass is 16.6. The molecule has 1 aliphatic rings. The maximum atomic E-state index is 11.4. The maximum Gasteiger partial charge on any atom is 0.435 e. The summed E-state index contributed by atoms with van der Waals surface area (Å²) in [7, 11) is 1.23. The standard InChI is InChI=1S/C11H9NO4/c1-15-10(13)9-8(12-11(14)16-9)7-5-3-2-4-6-7/h2-6,9H,1H3. The van der Waals surface area contributed by atoms with Gasteiger partial charge in [0.15, 0.2) is 0 Å². The number of ether oxygens (including phenoxy) is 2. The SMILES string of the molecule is COC(=O)C1OC(=O)N=C1c1ccccc1. The molecule has 1 atom stereocenters. The number of benzene rings is 1. The van der Waals surface area contributed by atoms with Gasteiger partial charge in [-0.3, -0.25) is 0 Å². The highest BCUT2D eigenvalue weighted by Crippen LogP contribution is 2.16. The van der Waals surface area contributed by atoms with Gasteiger partial charge >= 0.3 is 12.1 Å². The lowest BCUT2D eigenvalue weighted by atomic mass is 10.1. The predicted molar refractivity (Wildman–Crippen MR) is 55.3 cm³/mol. The largest absolute Gasteiger partial charge is 0.466 e. The quantitative estimate of drug-likeness (QED) is 0.700. The molecule has 1 aliphatic heterocycles. The molecule has 5 heteroatoms. The van der Waals surface area contributed by atoms with Crippen molar-refractivity contribution in [2.45, 2.75) is 6.10 Å². The minimum absolute atomic E-state index is 0.289. The minimum Gasteiger partial charge on any atom is -0.466 e. The average molecular weight is 219 g/mol. The second-order valence-corrected chi connectivity index (χ2v) is 3.15. The molecule has 16 heavy (non-hydrogen) atoms. The molecular weight excluding hydrogens is 210 g/mol. The van der Waals surface area contributed by atoms with E-state index < -0.39 is 18.2 Å². The zero-order valence-corrected chi connectivity index (χ0v) is 8.54. The Morgan fingerprint density at radius 3 is 2.69 bits per heavy atom. The third-order valence-corrected chi connectivity index (χ3v) is 2.16. The fraction of sp³-hybridized carbons (Fsp3) is 0.182. The fourth-order valence-corrected chi connectivity index (χ4v) is 1.43. The Morgan fingerprint density at radius 1 is 1.38 bits per heavy atom. The van der Waals surface area contributed by atoms with Crippen LogP contribution in [0.2, 0.25) is 0 Å². The first kappa shape index (κ1) is 10.4. The molecule has 5 nitrogen and oxygen atoms in total. The van der Waals surface area contributed by atoms with Crippen LogP contribution < -0.4 is 0 Å². The van der Waals surface area contributed by atoms with Gasteiger partial charge in [-0.05, 0) is 0 Å². The molecule has 1 unspecified atom stereocenters. The lowest BCUT2D eigenvalue weighted by Gasteiger charge is -2.09. The summed E-state index contributed by atoms with van der Waals surface area (Å²) in [6.45, 7) is 0. The Morgan fingerprint density at radius 2 is 2.06 bits per heavy atom. The van der Waals surface area contributed by atoms with E-state index in [-0.39, 0.29) is 5.71 Å². The second kappa shape index (κ2) is 4.14. The molecule has 1 aromatic carbocycles. The number of cyclic esters (lactones) is 1. The summed E-state index contributed by atoms with van der Waals surface area (Å²) in [5.41, 5.74) is 0.959. The smallest absolute Gasteiger partial charge is 0.435 e. The molecule has 2 rings (SSSR count). The van der Waals surface area contributed by atoms with Gasteiger partial charge in [-0.25, -0.2) is 9.59 Å². The molecule has 1 amide bonds. The number of amides is 1. The lowest BCUT2D eigenvalue weighted by molar-refractivity contribution is -0.146. The van der Waals surface area contributed by atoms with Gasteiger partial charge < -0.3 is 9.47 Å². The number of carbonyl (C=O) groups is 2. The van der Waals surface area contributed by atoms with Gasteiger partial charge in [-0.1, -0.05) is 30.3 Å². The Hall–Kier alpha value is -2.17. The summed E-state index contributed by atoms with van der Waals surface area (Å²) in [5, 5.41) is 0. The highest BCUT2D eigenvalue weighted by molar-refractivity contribution is 6.20. The van der Waals surface area contributed by atoms with Gasteiger partial charge in [0.25, 0.3) is 0 Å². The molecule has 82 valence electrons. The van der Waals surface area contributed by atoms with Crippen LogP contribution in [-0.4, -0.2) is 31.0 Å². The third kappa shape index (κ3) is 1.79. The zero-order chi connectivity index (χ0) is 11.5. The molecule has 0 radical (unpaired) electrons. The molecule has 0 spiro atoms. The number of carbonyl (C=O) groups excluding carboxylic acids is 2. The molecule has 0 aromatic heterocycles. The molecule has 1 aromatic rings. The number of aliphatic imine (C=N–C) groups is 1. The van der Waals surface area contributed by atoms with E-state index in [1.807, 2.05) is 6.07 Å². The van der Waals surface area contributed by atoms with Crippen LogP contribution in [0, 0.1) is 0 Å². The van der Waals surface area contributed by atoms with E-state index in [1.54, 1.807) is 24.3 Å². The van der Waals surface area contributed by atoms with Crippen molar-refractivity contribution in [3.63, 3.8) is 0 Å². The van der Waals surface area contributed by atoms with Crippen molar-refractivity contribution in [1.82, 2.24) is 0 Å². The van der Waals surface area contributed by atoms with Crippen LogP contribution in [-0.2, 0) is 14.3 Å². The monoisotopic (exact) mass is 219 g/mol. The molecule has 0 N–H and O–H groups in total. The molecular formula is C11H9NO4. The van der Waals surface area contributed by atoms with Crippen LogP contribution in [0.4, 0.5) is 4.79 Å². The zero-order valence-electron chi connectivity index (χ0n) is 8.54. The van der Waals surface area contributed by atoms with Gasteiger partial charge in [-0.15, -0.1) is 0 Å². The van der Waals surface area contributed by atoms with Crippen LogP contribution >= 0.6 is 0 Å². The maximum absolute atomic E-state index is 11.4. The van der Waals surface area contributed by atoms with E-state index in [0.29, 0.717) is 5.56 Å². The number of nitrogens with zero attached hydrogens (tertiary/aromatic N) is 1. The number of hydrogen-bond acceptors (Lipinski definition) is 4. The van der Waals surface area contributed by atoms with E-state index >= 15 is 0 Å². The first-order chi connectivity index (χ1) is 7.72. The van der Waals surface area contributed by atoms with E-state index in [0.717, 1.165) is 0 Å². The lowest BCUT2D eigenvalue weighted by Crippen LogP contribution is -2.30. The van der Waals surface area contributed by atoms with Crippen molar-refractivity contribution in [3.05, 3.63) is 35.9 Å². The Bertz CT molecular complexity index is 452. The summed E-state index contributed by atoms with van der Waals surface area (Å²) < 4.78 is 9.30. The third-order valence-electron chi connectivity index (χ3n) is 2.16. The van der Waals surface area contributed by atoms with Crippen molar-refractivity contribution in [2.75, 3.05) is 7.11 Å². The molecule has 0 fully saturated rings. The molecule has 0 saturated heterocycles. The minimum atomic E-state index is -1.06.